The molecule has 0 aliphatic heterocycles. The molecule has 0 fully saturated rings. The highest BCUT2D eigenvalue weighted by Gasteiger charge is 2.24. The van der Waals surface area contributed by atoms with E-state index in [1.807, 2.05) is 80.7 Å². The molecule has 0 aliphatic rings. The van der Waals surface area contributed by atoms with Crippen molar-refractivity contribution in [2.45, 2.75) is 31.6 Å². The maximum Gasteiger partial charge on any atom is 0.243 e. The molecule has 9 heteroatoms. The van der Waals surface area contributed by atoms with Crippen LogP contribution >= 0.6 is 11.3 Å². The van der Waals surface area contributed by atoms with Crippen molar-refractivity contribution in [2.75, 3.05) is 13.1 Å². The number of benzene rings is 3. The summed E-state index contributed by atoms with van der Waals surface area (Å²) in [6, 6.07) is 26.6. The van der Waals surface area contributed by atoms with Gasteiger partial charge in [-0.2, -0.15) is 14.7 Å². The smallest absolute Gasteiger partial charge is 0.240 e. The second-order valence-corrected chi connectivity index (χ2v) is 12.3. The molecule has 3 aromatic carbocycles. The minimum absolute atomic E-state index is 0.225. The van der Waals surface area contributed by atoms with Crippen LogP contribution in [0.3, 0.4) is 0 Å². The highest BCUT2D eigenvalue weighted by molar-refractivity contribution is 7.89. The van der Waals surface area contributed by atoms with Crippen LogP contribution in [-0.2, 0) is 10.0 Å². The van der Waals surface area contributed by atoms with Crippen LogP contribution in [0.4, 0.5) is 0 Å². The van der Waals surface area contributed by atoms with Crippen LogP contribution in [0.25, 0.3) is 38.8 Å². The van der Waals surface area contributed by atoms with Gasteiger partial charge in [-0.1, -0.05) is 56.3 Å². The second kappa shape index (κ2) is 12.0. The minimum Gasteiger partial charge on any atom is -0.240 e. The van der Waals surface area contributed by atoms with Crippen LogP contribution in [0, 0.1) is 11.3 Å². The van der Waals surface area contributed by atoms with Gasteiger partial charge in [-0.25, -0.2) is 18.1 Å². The summed E-state index contributed by atoms with van der Waals surface area (Å²) in [6.07, 6.45) is 5.11. The maximum atomic E-state index is 13.5. The van der Waals surface area contributed by atoms with Gasteiger partial charge in [-0.05, 0) is 55.3 Å². The number of hydrogen-bond acceptors (Lipinski definition) is 6. The summed E-state index contributed by atoms with van der Waals surface area (Å²) in [7, 11) is -3.68. The van der Waals surface area contributed by atoms with Crippen molar-refractivity contribution in [3.63, 3.8) is 0 Å². The fraction of sp³-hybridized carbons (Fsp3) is 0.194. The molecule has 0 saturated carbocycles. The fourth-order valence-electron chi connectivity index (χ4n) is 4.52. The predicted octanol–water partition coefficient (Wildman–Crippen LogP) is 7.02. The Kier molecular flexibility index (Phi) is 8.21. The highest BCUT2D eigenvalue weighted by Crippen LogP contribution is 2.32. The first kappa shape index (κ1) is 27.5. The number of thiazole rings is 1. The van der Waals surface area contributed by atoms with E-state index >= 15 is 0 Å². The van der Waals surface area contributed by atoms with E-state index in [4.69, 9.17) is 5.10 Å². The molecule has 0 amide bonds. The van der Waals surface area contributed by atoms with E-state index in [0.29, 0.717) is 40.5 Å². The van der Waals surface area contributed by atoms with E-state index < -0.39 is 10.0 Å². The van der Waals surface area contributed by atoms with Gasteiger partial charge in [0.15, 0.2) is 0 Å². The van der Waals surface area contributed by atoms with Gasteiger partial charge in [-0.3, -0.25) is 0 Å². The van der Waals surface area contributed by atoms with Crippen LogP contribution in [-0.4, -0.2) is 40.6 Å². The van der Waals surface area contributed by atoms with E-state index in [1.165, 1.54) is 15.6 Å². The van der Waals surface area contributed by atoms with E-state index in [0.717, 1.165) is 28.7 Å². The number of rotatable bonds is 10. The number of nitriles is 1. The predicted molar refractivity (Wildman–Crippen MR) is 161 cm³/mol. The number of allylic oxidation sites excluding steroid dienone is 1. The Morgan fingerprint density at radius 1 is 1.00 bits per heavy atom. The molecule has 0 unspecified atom stereocenters. The molecule has 202 valence electrons. The number of fused-ring (bicyclic) bond motifs is 1. The molecule has 40 heavy (non-hydrogen) atoms. The number of sulfonamides is 1. The normalized spacial score (nSPS) is 12.2. The summed E-state index contributed by atoms with van der Waals surface area (Å²) in [6.45, 7) is 4.87. The quantitative estimate of drug-likeness (QED) is 0.169. The minimum atomic E-state index is -3.68. The Balaban J connectivity index is 1.64. The average Bonchev–Trinajstić information content (AvgIpc) is 3.61. The summed E-state index contributed by atoms with van der Waals surface area (Å²) in [4.78, 5) is 4.89. The van der Waals surface area contributed by atoms with Crippen molar-refractivity contribution in [3.05, 3.63) is 95.6 Å². The Morgan fingerprint density at radius 2 is 1.73 bits per heavy atom. The van der Waals surface area contributed by atoms with E-state index in [9.17, 15) is 13.7 Å². The Labute approximate surface area is 238 Å². The van der Waals surface area contributed by atoms with Gasteiger partial charge in [0.05, 0.1) is 26.4 Å². The third-order valence-corrected chi connectivity index (χ3v) is 9.36. The molecule has 0 aliphatic carbocycles. The van der Waals surface area contributed by atoms with Crippen LogP contribution in [0.2, 0.25) is 0 Å². The van der Waals surface area contributed by atoms with E-state index in [1.54, 1.807) is 29.0 Å². The molecular weight excluding hydrogens is 539 g/mol. The van der Waals surface area contributed by atoms with Crippen molar-refractivity contribution in [2.24, 2.45) is 0 Å². The van der Waals surface area contributed by atoms with Gasteiger partial charge in [0.1, 0.15) is 16.8 Å². The first-order chi connectivity index (χ1) is 19.4. The average molecular weight is 568 g/mol. The van der Waals surface area contributed by atoms with Crippen LogP contribution in [0.15, 0.2) is 90.0 Å². The zero-order chi connectivity index (χ0) is 28.1. The topological polar surface area (TPSA) is 91.9 Å². The molecule has 2 aromatic heterocycles. The summed E-state index contributed by atoms with van der Waals surface area (Å²) >= 11 is 1.46. The standard InChI is InChI=1S/C31H29N5O2S2/c1-3-17-35(18-4-2)40(37,38)27-14-10-11-23(20-27)30-25(22-36(34-30)26-12-6-5-7-13-26)19-24(21-32)31-33-28-15-8-9-16-29(28)39-31/h5-16,19-20,22H,3-4,17-18H2,1-2H3/b24-19-. The molecule has 2 heterocycles. The van der Waals surface area contributed by atoms with E-state index in [-0.39, 0.29) is 4.90 Å². The number of nitrogens with zero attached hydrogens (tertiary/aromatic N) is 5. The third kappa shape index (κ3) is 5.61. The largest absolute Gasteiger partial charge is 0.243 e. The maximum absolute atomic E-state index is 13.5. The van der Waals surface area contributed by atoms with E-state index in [2.05, 4.69) is 11.1 Å². The monoisotopic (exact) mass is 567 g/mol. The molecule has 5 aromatic rings. The molecule has 0 saturated heterocycles. The molecule has 0 spiro atoms. The Hall–Kier alpha value is -4.10. The third-order valence-electron chi connectivity index (χ3n) is 6.40. The van der Waals surface area contributed by atoms with Crippen LogP contribution in [0.5, 0.6) is 0 Å². The number of aromatic nitrogens is 3. The molecule has 0 radical (unpaired) electrons. The van der Waals surface area contributed by atoms with Gasteiger partial charge in [0.25, 0.3) is 0 Å². The van der Waals surface area contributed by atoms with Crippen molar-refractivity contribution in [3.8, 4) is 23.0 Å². The van der Waals surface area contributed by atoms with Gasteiger partial charge < -0.3 is 0 Å². The second-order valence-electron chi connectivity index (χ2n) is 9.30. The number of para-hydroxylation sites is 2. The van der Waals surface area contributed by atoms with Gasteiger partial charge in [0, 0.05) is 30.4 Å². The van der Waals surface area contributed by atoms with Gasteiger partial charge in [-0.15, -0.1) is 11.3 Å². The van der Waals surface area contributed by atoms with Crippen molar-refractivity contribution in [1.29, 1.82) is 5.26 Å². The van der Waals surface area contributed by atoms with Gasteiger partial charge in [0.2, 0.25) is 10.0 Å². The SMILES string of the molecule is CCCN(CCC)S(=O)(=O)c1cccc(-c2nn(-c3ccccc3)cc2/C=C(/C#N)c2nc3ccccc3s2)c1. The van der Waals surface area contributed by atoms with Gasteiger partial charge >= 0.3 is 0 Å². The summed E-state index contributed by atoms with van der Waals surface area (Å²) in [5.74, 6) is 0. The first-order valence-corrected chi connectivity index (χ1v) is 15.4. The molecule has 0 atom stereocenters. The van der Waals surface area contributed by atoms with Crippen molar-refractivity contribution in [1.82, 2.24) is 19.1 Å². The molecule has 5 rings (SSSR count). The molecule has 7 nitrogen and oxygen atoms in total. The van der Waals surface area contributed by atoms with Crippen molar-refractivity contribution >= 4 is 43.2 Å². The summed E-state index contributed by atoms with van der Waals surface area (Å²) < 4.78 is 31.4. The zero-order valence-corrected chi connectivity index (χ0v) is 24.0. The molecular formula is C31H29N5O2S2. The Bertz CT molecular complexity index is 1780. The molecule has 0 N–H and O–H groups in total. The summed E-state index contributed by atoms with van der Waals surface area (Å²) in [5.41, 5.74) is 4.01. The lowest BCUT2D eigenvalue weighted by Gasteiger charge is -2.21. The van der Waals surface area contributed by atoms with Crippen LogP contribution < -0.4 is 0 Å². The van der Waals surface area contributed by atoms with Crippen molar-refractivity contribution < 1.29 is 8.42 Å². The number of hydrogen-bond donors (Lipinski definition) is 0. The fourth-order valence-corrected chi connectivity index (χ4v) is 7.12. The molecule has 0 bridgehead atoms. The zero-order valence-electron chi connectivity index (χ0n) is 22.4. The lowest BCUT2D eigenvalue weighted by molar-refractivity contribution is 0.410. The Morgan fingerprint density at radius 3 is 2.42 bits per heavy atom. The highest BCUT2D eigenvalue weighted by atomic mass is 32.2. The summed E-state index contributed by atoms with van der Waals surface area (Å²) in [5, 5.41) is 15.6. The lowest BCUT2D eigenvalue weighted by atomic mass is 10.1. The first-order valence-electron chi connectivity index (χ1n) is 13.2. The van der Waals surface area contributed by atoms with Crippen LogP contribution in [0.1, 0.15) is 37.3 Å². The lowest BCUT2D eigenvalue weighted by Crippen LogP contribution is -2.32.